The molecule has 0 saturated carbocycles. The molecular formula is C27H26F2N4O4. The van der Waals surface area contributed by atoms with Crippen molar-refractivity contribution in [1.82, 2.24) is 20.9 Å². The molecule has 192 valence electrons. The molecule has 3 amide bonds. The monoisotopic (exact) mass is 508 g/mol. The highest BCUT2D eigenvalue weighted by molar-refractivity contribution is 6.38. The van der Waals surface area contributed by atoms with Gasteiger partial charge < -0.3 is 16.0 Å². The van der Waals surface area contributed by atoms with Crippen molar-refractivity contribution in [3.05, 3.63) is 101 Å². The molecule has 3 rings (SSSR count). The summed E-state index contributed by atoms with van der Waals surface area (Å²) in [6.07, 6.45) is 1.25. The van der Waals surface area contributed by atoms with Crippen LogP contribution in [-0.2, 0) is 38.6 Å². The van der Waals surface area contributed by atoms with Gasteiger partial charge in [0.15, 0.2) is 0 Å². The number of hydrogen-bond donors (Lipinski definition) is 3. The lowest BCUT2D eigenvalue weighted by Gasteiger charge is -2.21. The Kier molecular flexibility index (Phi) is 9.54. The second-order valence-corrected chi connectivity index (χ2v) is 8.36. The number of carbonyl (C=O) groups excluding carboxylic acids is 4. The SMILES string of the molecule is C[C@@H](NC(=O)Cc1cc(F)cc(F)c1)C(=O)N[C@H](Cc1ccccc1)C(=O)C(=O)NCc1ccccn1. The largest absolute Gasteiger partial charge is 0.344 e. The van der Waals surface area contributed by atoms with Gasteiger partial charge in [-0.2, -0.15) is 0 Å². The Morgan fingerprint density at radius 3 is 2.19 bits per heavy atom. The van der Waals surface area contributed by atoms with Gasteiger partial charge in [-0.05, 0) is 42.3 Å². The maximum Gasteiger partial charge on any atom is 0.289 e. The van der Waals surface area contributed by atoms with Crippen LogP contribution in [0.15, 0.2) is 72.9 Å². The first-order valence-electron chi connectivity index (χ1n) is 11.5. The second-order valence-electron chi connectivity index (χ2n) is 8.36. The Balaban J connectivity index is 1.63. The minimum absolute atomic E-state index is 0.0323. The van der Waals surface area contributed by atoms with Crippen molar-refractivity contribution >= 4 is 23.5 Å². The average molecular weight is 509 g/mol. The van der Waals surface area contributed by atoms with Crippen LogP contribution in [0.1, 0.15) is 23.7 Å². The van der Waals surface area contributed by atoms with E-state index in [1.165, 1.54) is 6.92 Å². The molecule has 1 heterocycles. The van der Waals surface area contributed by atoms with Crippen LogP contribution in [0.25, 0.3) is 0 Å². The molecule has 0 fully saturated rings. The third-order valence-corrected chi connectivity index (χ3v) is 5.35. The van der Waals surface area contributed by atoms with E-state index < -0.39 is 47.2 Å². The van der Waals surface area contributed by atoms with Gasteiger partial charge in [0.25, 0.3) is 5.91 Å². The summed E-state index contributed by atoms with van der Waals surface area (Å²) in [6, 6.07) is 14.4. The van der Waals surface area contributed by atoms with E-state index in [2.05, 4.69) is 20.9 Å². The van der Waals surface area contributed by atoms with E-state index >= 15 is 0 Å². The second kappa shape index (κ2) is 13.0. The molecule has 0 aliphatic rings. The minimum Gasteiger partial charge on any atom is -0.344 e. The van der Waals surface area contributed by atoms with Crippen molar-refractivity contribution in [1.29, 1.82) is 0 Å². The van der Waals surface area contributed by atoms with Gasteiger partial charge in [-0.3, -0.25) is 24.2 Å². The summed E-state index contributed by atoms with van der Waals surface area (Å²) in [5.74, 6) is -4.75. The number of hydrogen-bond acceptors (Lipinski definition) is 5. The maximum atomic E-state index is 13.4. The van der Waals surface area contributed by atoms with Gasteiger partial charge in [-0.1, -0.05) is 36.4 Å². The number of aromatic nitrogens is 1. The van der Waals surface area contributed by atoms with Crippen LogP contribution in [-0.4, -0.2) is 40.6 Å². The Labute approximate surface area is 212 Å². The Morgan fingerprint density at radius 1 is 0.865 bits per heavy atom. The summed E-state index contributed by atoms with van der Waals surface area (Å²) in [5.41, 5.74) is 1.37. The molecule has 1 aromatic heterocycles. The number of nitrogens with zero attached hydrogens (tertiary/aromatic N) is 1. The highest BCUT2D eigenvalue weighted by Gasteiger charge is 2.29. The molecule has 0 aliphatic carbocycles. The predicted octanol–water partition coefficient (Wildman–Crippen LogP) is 2.02. The number of Topliss-reactive ketones (excluding diaryl/α,β-unsaturated/α-hetero) is 1. The van der Waals surface area contributed by atoms with Gasteiger partial charge in [0.2, 0.25) is 17.6 Å². The zero-order valence-corrected chi connectivity index (χ0v) is 20.0. The molecule has 8 nitrogen and oxygen atoms in total. The number of rotatable bonds is 11. The van der Waals surface area contributed by atoms with Crippen LogP contribution < -0.4 is 16.0 Å². The molecule has 3 aromatic rings. The fourth-order valence-electron chi connectivity index (χ4n) is 3.53. The molecule has 2 aromatic carbocycles. The van der Waals surface area contributed by atoms with Crippen LogP contribution in [0.5, 0.6) is 0 Å². The zero-order chi connectivity index (χ0) is 26.8. The average Bonchev–Trinajstić information content (AvgIpc) is 2.86. The van der Waals surface area contributed by atoms with Gasteiger partial charge >= 0.3 is 0 Å². The number of halogens is 2. The van der Waals surface area contributed by atoms with Gasteiger partial charge in [0, 0.05) is 18.7 Å². The van der Waals surface area contributed by atoms with Crippen LogP contribution in [0.4, 0.5) is 8.78 Å². The van der Waals surface area contributed by atoms with Gasteiger partial charge in [0.05, 0.1) is 18.7 Å². The van der Waals surface area contributed by atoms with Crippen molar-refractivity contribution in [2.75, 3.05) is 0 Å². The lowest BCUT2D eigenvalue weighted by molar-refractivity contribution is -0.140. The Hall–Kier alpha value is -4.47. The van der Waals surface area contributed by atoms with Crippen molar-refractivity contribution in [2.45, 2.75) is 38.4 Å². The van der Waals surface area contributed by atoms with E-state index in [0.717, 1.165) is 12.1 Å². The summed E-state index contributed by atoms with van der Waals surface area (Å²) >= 11 is 0. The normalized spacial score (nSPS) is 12.2. The van der Waals surface area contributed by atoms with E-state index in [9.17, 15) is 28.0 Å². The number of carbonyl (C=O) groups is 4. The van der Waals surface area contributed by atoms with E-state index in [-0.39, 0.29) is 24.9 Å². The van der Waals surface area contributed by atoms with Crippen LogP contribution in [0.3, 0.4) is 0 Å². The lowest BCUT2D eigenvalue weighted by atomic mass is 10.0. The molecule has 2 atom stereocenters. The van der Waals surface area contributed by atoms with Crippen molar-refractivity contribution < 1.29 is 28.0 Å². The summed E-state index contributed by atoms with van der Waals surface area (Å²) < 4.78 is 26.8. The first-order chi connectivity index (χ1) is 17.7. The molecule has 0 spiro atoms. The van der Waals surface area contributed by atoms with E-state index in [4.69, 9.17) is 0 Å². The molecular weight excluding hydrogens is 482 g/mol. The first-order valence-corrected chi connectivity index (χ1v) is 11.5. The molecule has 0 unspecified atom stereocenters. The lowest BCUT2D eigenvalue weighted by Crippen LogP contribution is -2.53. The van der Waals surface area contributed by atoms with Crippen LogP contribution in [0.2, 0.25) is 0 Å². The smallest absolute Gasteiger partial charge is 0.289 e. The molecule has 3 N–H and O–H groups in total. The van der Waals surface area contributed by atoms with E-state index in [0.29, 0.717) is 17.3 Å². The quantitative estimate of drug-likeness (QED) is 0.343. The van der Waals surface area contributed by atoms with Gasteiger partial charge in [-0.25, -0.2) is 8.78 Å². The third kappa shape index (κ3) is 8.60. The number of amides is 3. The van der Waals surface area contributed by atoms with E-state index in [1.807, 2.05) is 0 Å². The van der Waals surface area contributed by atoms with Gasteiger partial charge in [0.1, 0.15) is 23.7 Å². The summed E-state index contributed by atoms with van der Waals surface area (Å²) in [6.45, 7) is 1.43. The number of pyridine rings is 1. The number of ketones is 1. The molecule has 0 saturated heterocycles. The topological polar surface area (TPSA) is 117 Å². The van der Waals surface area contributed by atoms with Crippen molar-refractivity contribution in [3.8, 4) is 0 Å². The minimum atomic E-state index is -1.20. The molecule has 0 radical (unpaired) electrons. The molecule has 0 bridgehead atoms. The van der Waals surface area contributed by atoms with Crippen LogP contribution in [0, 0.1) is 11.6 Å². The number of nitrogens with one attached hydrogen (secondary N) is 3. The fraction of sp³-hybridized carbons (Fsp3) is 0.222. The molecule has 10 heteroatoms. The fourth-order valence-corrected chi connectivity index (χ4v) is 3.53. The van der Waals surface area contributed by atoms with Crippen molar-refractivity contribution in [3.63, 3.8) is 0 Å². The summed E-state index contributed by atoms with van der Waals surface area (Å²) in [7, 11) is 0. The molecule has 0 aliphatic heterocycles. The Morgan fingerprint density at radius 2 is 1.54 bits per heavy atom. The van der Waals surface area contributed by atoms with E-state index in [1.54, 1.807) is 54.7 Å². The van der Waals surface area contributed by atoms with Crippen molar-refractivity contribution in [2.24, 2.45) is 0 Å². The predicted molar refractivity (Wildman–Crippen MR) is 131 cm³/mol. The standard InChI is InChI=1S/C27H26F2N4O4/c1-17(32-24(34)14-19-11-20(28)15-21(29)12-19)26(36)33-23(13-18-7-3-2-4-8-18)25(35)27(37)31-16-22-9-5-6-10-30-22/h2-12,15,17,23H,13-14,16H2,1H3,(H,31,37)(H,32,34)(H,33,36)/t17-,23-/m1/s1. The zero-order valence-electron chi connectivity index (χ0n) is 20.0. The molecule has 37 heavy (non-hydrogen) atoms. The Bertz CT molecular complexity index is 1240. The van der Waals surface area contributed by atoms with Crippen LogP contribution >= 0.6 is 0 Å². The highest BCUT2D eigenvalue weighted by Crippen LogP contribution is 2.09. The van der Waals surface area contributed by atoms with Gasteiger partial charge in [-0.15, -0.1) is 0 Å². The summed E-state index contributed by atoms with van der Waals surface area (Å²) in [4.78, 5) is 54.7. The maximum absolute atomic E-state index is 13.4. The highest BCUT2D eigenvalue weighted by atomic mass is 19.1. The first kappa shape index (κ1) is 27.1. The number of benzene rings is 2. The third-order valence-electron chi connectivity index (χ3n) is 5.35. The summed E-state index contributed by atoms with van der Waals surface area (Å²) in [5, 5.41) is 7.47.